The smallest absolute Gasteiger partial charge is 0.264 e. The predicted octanol–water partition coefficient (Wildman–Crippen LogP) is 2.94. The van der Waals surface area contributed by atoms with E-state index in [4.69, 9.17) is 24.4 Å². The molecule has 182 valence electrons. The summed E-state index contributed by atoms with van der Waals surface area (Å²) in [5, 5.41) is 4.28. The van der Waals surface area contributed by atoms with Crippen LogP contribution in [0.15, 0.2) is 24.3 Å². The maximum Gasteiger partial charge on any atom is 0.264 e. The van der Waals surface area contributed by atoms with Crippen LogP contribution in [0, 0.1) is 12.8 Å². The molecule has 3 N–H and O–H groups in total. The van der Waals surface area contributed by atoms with Crippen molar-refractivity contribution in [1.29, 1.82) is 0 Å². The van der Waals surface area contributed by atoms with Crippen molar-refractivity contribution in [3.63, 3.8) is 0 Å². The van der Waals surface area contributed by atoms with Gasteiger partial charge in [-0.15, -0.1) is 11.3 Å². The highest BCUT2D eigenvalue weighted by Crippen LogP contribution is 2.44. The number of nitrogens with zero attached hydrogens (tertiary/aromatic N) is 3. The van der Waals surface area contributed by atoms with Crippen LogP contribution in [0.25, 0.3) is 20.8 Å². The molecule has 0 bridgehead atoms. The van der Waals surface area contributed by atoms with Crippen molar-refractivity contribution < 1.29 is 22.1 Å². The summed E-state index contributed by atoms with van der Waals surface area (Å²) >= 11 is 1.56. The fraction of sp³-hybridized carbons (Fsp3) is 0.500. The number of nitrogen functional groups attached to an aromatic ring is 1. The number of aryl methyl sites for hydroxylation is 1. The van der Waals surface area contributed by atoms with Crippen molar-refractivity contribution in [3.05, 3.63) is 30.0 Å². The second-order valence-corrected chi connectivity index (χ2v) is 11.9. The quantitative estimate of drug-likeness (QED) is 0.481. The summed E-state index contributed by atoms with van der Waals surface area (Å²) in [6.45, 7) is 5.59. The third-order valence-electron chi connectivity index (χ3n) is 6.01. The maximum absolute atomic E-state index is 11.6. The molecule has 2 aromatic heterocycles. The largest absolute Gasteiger partial charge is 0.368 e. The lowest BCUT2D eigenvalue weighted by Crippen LogP contribution is -2.35. The Morgan fingerprint density at radius 1 is 1.21 bits per heavy atom. The van der Waals surface area contributed by atoms with Gasteiger partial charge >= 0.3 is 0 Å². The van der Waals surface area contributed by atoms with Crippen LogP contribution in [0.1, 0.15) is 26.0 Å². The number of ether oxygens (including phenoxy) is 2. The van der Waals surface area contributed by atoms with Gasteiger partial charge in [0.1, 0.15) is 16.9 Å². The van der Waals surface area contributed by atoms with Crippen LogP contribution < -0.4 is 11.1 Å². The molecule has 1 saturated carbocycles. The van der Waals surface area contributed by atoms with Crippen molar-refractivity contribution >= 4 is 43.4 Å². The van der Waals surface area contributed by atoms with Crippen LogP contribution in [0.4, 0.5) is 11.8 Å². The number of fused-ring (bicyclic) bond motifs is 2. The number of benzene rings is 1. The lowest BCUT2D eigenvalue weighted by atomic mass is 10.1. The lowest BCUT2D eigenvalue weighted by molar-refractivity contribution is -0.158. The highest BCUT2D eigenvalue weighted by atomic mass is 32.2. The Balaban J connectivity index is 1.48. The number of aromatic nitrogens is 3. The van der Waals surface area contributed by atoms with E-state index in [1.165, 1.54) is 0 Å². The molecule has 12 heteroatoms. The van der Waals surface area contributed by atoms with Gasteiger partial charge in [0.25, 0.3) is 10.1 Å². The Bertz CT molecular complexity index is 1310. The van der Waals surface area contributed by atoms with Crippen LogP contribution in [0.3, 0.4) is 0 Å². The minimum Gasteiger partial charge on any atom is -0.368 e. The lowest BCUT2D eigenvalue weighted by Gasteiger charge is -2.25. The standard InChI is InChI=1S/C22H27N5O5S2/c1-11-16(20-26-13-7-5-6-8-15(13)33-20)19(27-21(23)24-11)25-14-9-12(10-30-34(4,28)29)17-18(14)32-22(2,3)31-17/h5-8,12,14,17-18H,9-10H2,1-4H3,(H3,23,24,25,27)/t12-,14-,17-,18+/m1/s1. The van der Waals surface area contributed by atoms with E-state index >= 15 is 0 Å². The molecule has 2 fully saturated rings. The molecule has 1 aliphatic heterocycles. The topological polar surface area (TPSA) is 139 Å². The van der Waals surface area contributed by atoms with E-state index < -0.39 is 15.9 Å². The Labute approximate surface area is 202 Å². The molecule has 0 unspecified atom stereocenters. The molecule has 34 heavy (non-hydrogen) atoms. The third kappa shape index (κ3) is 4.60. The molecule has 4 atom stereocenters. The van der Waals surface area contributed by atoms with Gasteiger partial charge < -0.3 is 20.5 Å². The minimum absolute atomic E-state index is 0.0211. The van der Waals surface area contributed by atoms with Gasteiger partial charge in [-0.25, -0.2) is 9.97 Å². The average molecular weight is 506 g/mol. The molecule has 5 rings (SSSR count). The van der Waals surface area contributed by atoms with E-state index in [0.717, 1.165) is 27.0 Å². The zero-order chi connectivity index (χ0) is 24.3. The van der Waals surface area contributed by atoms with Gasteiger partial charge in [-0.2, -0.15) is 13.4 Å². The van der Waals surface area contributed by atoms with Crippen LogP contribution in [0.2, 0.25) is 0 Å². The van der Waals surface area contributed by atoms with Gasteiger partial charge in [0, 0.05) is 5.92 Å². The molecule has 3 heterocycles. The minimum atomic E-state index is -3.57. The average Bonchev–Trinajstić information content (AvgIpc) is 3.37. The highest BCUT2D eigenvalue weighted by molar-refractivity contribution is 7.85. The Kier molecular flexibility index (Phi) is 5.76. The summed E-state index contributed by atoms with van der Waals surface area (Å²) in [6.07, 6.45) is 0.980. The first kappa shape index (κ1) is 23.4. The van der Waals surface area contributed by atoms with E-state index in [9.17, 15) is 8.42 Å². The summed E-state index contributed by atoms with van der Waals surface area (Å²) in [5.74, 6) is -0.258. The molecule has 0 radical (unpaired) electrons. The number of hydrogen-bond acceptors (Lipinski definition) is 11. The van der Waals surface area contributed by atoms with Crippen LogP contribution >= 0.6 is 11.3 Å². The van der Waals surface area contributed by atoms with Gasteiger partial charge in [-0.1, -0.05) is 12.1 Å². The van der Waals surface area contributed by atoms with E-state index in [0.29, 0.717) is 17.9 Å². The molecule has 1 aliphatic carbocycles. The summed E-state index contributed by atoms with van der Waals surface area (Å²) in [6, 6.07) is 7.72. The molecule has 10 nitrogen and oxygen atoms in total. The zero-order valence-corrected chi connectivity index (χ0v) is 20.9. The fourth-order valence-electron chi connectivity index (χ4n) is 4.71. The van der Waals surface area contributed by atoms with Crippen LogP contribution in [-0.2, 0) is 23.8 Å². The molecule has 0 amide bonds. The van der Waals surface area contributed by atoms with Crippen LogP contribution in [0.5, 0.6) is 0 Å². The predicted molar refractivity (Wildman–Crippen MR) is 130 cm³/mol. The first-order chi connectivity index (χ1) is 16.0. The number of nitrogens with two attached hydrogens (primary N) is 1. The summed E-state index contributed by atoms with van der Waals surface area (Å²) in [5.41, 5.74) is 8.40. The third-order valence-corrected chi connectivity index (χ3v) is 7.63. The molecule has 1 aromatic carbocycles. The van der Waals surface area contributed by atoms with Gasteiger partial charge in [0.15, 0.2) is 5.79 Å². The number of nitrogens with one attached hydrogen (secondary N) is 1. The SMILES string of the molecule is Cc1nc(N)nc(N[C@@H]2C[C@H](COS(C)(=O)=O)[C@H]3OC(C)(C)O[C@H]32)c1-c1nc2ccccc2s1. The molecule has 1 saturated heterocycles. The Hall–Kier alpha value is -2.38. The first-order valence-electron chi connectivity index (χ1n) is 11.0. The van der Waals surface area contributed by atoms with Gasteiger partial charge in [-0.3, -0.25) is 4.18 Å². The number of hydrogen-bond donors (Lipinski definition) is 2. The first-order valence-corrected chi connectivity index (χ1v) is 13.6. The Morgan fingerprint density at radius 3 is 2.68 bits per heavy atom. The number of anilines is 2. The normalized spacial score (nSPS) is 26.1. The molecule has 3 aromatic rings. The van der Waals surface area contributed by atoms with E-state index in [-0.39, 0.29) is 36.7 Å². The van der Waals surface area contributed by atoms with Crippen molar-refractivity contribution in [2.24, 2.45) is 5.92 Å². The van der Waals surface area contributed by atoms with Crippen LogP contribution in [-0.4, -0.2) is 60.3 Å². The molecule has 0 spiro atoms. The Morgan fingerprint density at radius 2 is 1.94 bits per heavy atom. The second kappa shape index (κ2) is 8.38. The van der Waals surface area contributed by atoms with Crippen molar-refractivity contribution in [3.8, 4) is 10.6 Å². The summed E-state index contributed by atoms with van der Waals surface area (Å²) < 4.78 is 41.7. The summed E-state index contributed by atoms with van der Waals surface area (Å²) in [7, 11) is -3.57. The zero-order valence-electron chi connectivity index (χ0n) is 19.3. The monoisotopic (exact) mass is 505 g/mol. The van der Waals surface area contributed by atoms with Crippen molar-refractivity contribution in [2.45, 2.75) is 51.2 Å². The van der Waals surface area contributed by atoms with Crippen molar-refractivity contribution in [2.75, 3.05) is 23.9 Å². The molecular formula is C22H27N5O5S2. The van der Waals surface area contributed by atoms with Gasteiger partial charge in [0.05, 0.1) is 46.5 Å². The number of para-hydroxylation sites is 1. The van der Waals surface area contributed by atoms with E-state index in [1.807, 2.05) is 45.0 Å². The van der Waals surface area contributed by atoms with Crippen molar-refractivity contribution in [1.82, 2.24) is 15.0 Å². The van der Waals surface area contributed by atoms with Gasteiger partial charge in [0.2, 0.25) is 5.95 Å². The number of rotatable bonds is 6. The second-order valence-electron chi connectivity index (χ2n) is 9.18. The van der Waals surface area contributed by atoms with E-state index in [2.05, 4.69) is 15.3 Å². The highest BCUT2D eigenvalue weighted by Gasteiger charge is 2.54. The summed E-state index contributed by atoms with van der Waals surface area (Å²) in [4.78, 5) is 13.7. The number of thiazole rings is 1. The molecular weight excluding hydrogens is 478 g/mol. The fourth-order valence-corrected chi connectivity index (χ4v) is 6.20. The molecule has 2 aliphatic rings. The maximum atomic E-state index is 11.6. The van der Waals surface area contributed by atoms with E-state index in [1.54, 1.807) is 11.3 Å². The van der Waals surface area contributed by atoms with Gasteiger partial charge in [-0.05, 0) is 39.3 Å².